The summed E-state index contributed by atoms with van der Waals surface area (Å²) in [4.78, 5) is 21.1. The average molecular weight is 423 g/mol. The van der Waals surface area contributed by atoms with Gasteiger partial charge in [0.2, 0.25) is 17.8 Å². The normalized spacial score (nSPS) is 19.7. The van der Waals surface area contributed by atoms with E-state index in [-0.39, 0.29) is 18.1 Å². The molecule has 10 heteroatoms. The Balaban J connectivity index is 1.43. The van der Waals surface area contributed by atoms with Gasteiger partial charge in [-0.2, -0.15) is 19.6 Å². The predicted octanol–water partition coefficient (Wildman–Crippen LogP) is 1.71. The van der Waals surface area contributed by atoms with Crippen LogP contribution in [0.4, 0.5) is 16.3 Å². The molecule has 31 heavy (non-hydrogen) atoms. The molecule has 3 heterocycles. The molecular weight excluding hydrogens is 401 g/mol. The highest BCUT2D eigenvalue weighted by Gasteiger charge is 2.26. The number of amides is 1. The zero-order valence-electron chi connectivity index (χ0n) is 16.7. The van der Waals surface area contributed by atoms with E-state index in [9.17, 15) is 14.3 Å². The molecule has 0 spiro atoms. The Labute approximate surface area is 177 Å². The SMILES string of the molecule is O=C1NC(O)C/C1=C\c1cnn2c(NCCc3cccc(F)c3)nc(NC3CC3)nc12. The van der Waals surface area contributed by atoms with E-state index in [0.29, 0.717) is 47.7 Å². The van der Waals surface area contributed by atoms with Crippen LogP contribution in [-0.2, 0) is 11.2 Å². The standard InChI is InChI=1S/C21H22FN7O2/c22-15-3-1-2-12(8-15)6-7-23-21-28-20(25-16-4-5-16)27-18-14(11-24-29(18)21)9-13-10-17(30)26-19(13)31/h1-3,8-9,11,16-17,30H,4-7,10H2,(H,26,31)(H2,23,25,27,28)/b13-9+. The first-order valence-electron chi connectivity index (χ1n) is 10.3. The van der Waals surface area contributed by atoms with E-state index < -0.39 is 6.23 Å². The zero-order chi connectivity index (χ0) is 21.4. The number of nitrogens with zero attached hydrogens (tertiary/aromatic N) is 4. The number of hydrogen-bond donors (Lipinski definition) is 4. The molecule has 1 amide bonds. The molecule has 1 saturated heterocycles. The van der Waals surface area contributed by atoms with Gasteiger partial charge in [0.1, 0.15) is 12.0 Å². The van der Waals surface area contributed by atoms with Gasteiger partial charge in [0, 0.05) is 30.1 Å². The molecule has 1 aliphatic heterocycles. The van der Waals surface area contributed by atoms with Crippen LogP contribution in [0.3, 0.4) is 0 Å². The molecule has 2 aromatic heterocycles. The lowest BCUT2D eigenvalue weighted by Gasteiger charge is -2.10. The molecule has 1 saturated carbocycles. The van der Waals surface area contributed by atoms with Crippen molar-refractivity contribution in [3.05, 3.63) is 53.0 Å². The van der Waals surface area contributed by atoms with Crippen LogP contribution in [0.2, 0.25) is 0 Å². The molecule has 160 valence electrons. The smallest absolute Gasteiger partial charge is 0.249 e. The second-order valence-corrected chi connectivity index (χ2v) is 7.79. The summed E-state index contributed by atoms with van der Waals surface area (Å²) in [5.41, 5.74) is 2.56. The monoisotopic (exact) mass is 423 g/mol. The van der Waals surface area contributed by atoms with Gasteiger partial charge in [-0.05, 0) is 43.0 Å². The van der Waals surface area contributed by atoms with Crippen molar-refractivity contribution in [2.24, 2.45) is 0 Å². The summed E-state index contributed by atoms with van der Waals surface area (Å²) in [7, 11) is 0. The van der Waals surface area contributed by atoms with Gasteiger partial charge in [0.25, 0.3) is 0 Å². The van der Waals surface area contributed by atoms with Crippen LogP contribution in [0.1, 0.15) is 30.4 Å². The van der Waals surface area contributed by atoms with E-state index in [4.69, 9.17) is 0 Å². The maximum Gasteiger partial charge on any atom is 0.249 e. The van der Waals surface area contributed by atoms with Gasteiger partial charge < -0.3 is 21.1 Å². The van der Waals surface area contributed by atoms with Crippen LogP contribution in [0.15, 0.2) is 36.0 Å². The molecule has 4 N–H and O–H groups in total. The fourth-order valence-electron chi connectivity index (χ4n) is 3.50. The predicted molar refractivity (Wildman–Crippen MR) is 113 cm³/mol. The third-order valence-electron chi connectivity index (χ3n) is 5.22. The van der Waals surface area contributed by atoms with Crippen LogP contribution in [0.25, 0.3) is 11.7 Å². The lowest BCUT2D eigenvalue weighted by atomic mass is 10.1. The van der Waals surface area contributed by atoms with Crippen molar-refractivity contribution in [3.63, 3.8) is 0 Å². The van der Waals surface area contributed by atoms with Crippen LogP contribution in [-0.4, -0.2) is 49.4 Å². The van der Waals surface area contributed by atoms with Crippen molar-refractivity contribution in [2.45, 2.75) is 38.0 Å². The molecule has 9 nitrogen and oxygen atoms in total. The van der Waals surface area contributed by atoms with Crippen molar-refractivity contribution < 1.29 is 14.3 Å². The van der Waals surface area contributed by atoms with Gasteiger partial charge in [-0.15, -0.1) is 0 Å². The number of nitrogens with one attached hydrogen (secondary N) is 3. The number of benzene rings is 1. The summed E-state index contributed by atoms with van der Waals surface area (Å²) in [6, 6.07) is 6.86. The van der Waals surface area contributed by atoms with Crippen LogP contribution in [0, 0.1) is 5.82 Å². The highest BCUT2D eigenvalue weighted by molar-refractivity contribution is 6.00. The molecular formula is C21H22FN7O2. The van der Waals surface area contributed by atoms with Gasteiger partial charge in [-0.25, -0.2) is 4.39 Å². The number of aromatic nitrogens is 4. The molecule has 2 aliphatic rings. The van der Waals surface area contributed by atoms with Crippen molar-refractivity contribution in [2.75, 3.05) is 17.2 Å². The average Bonchev–Trinajstić information content (AvgIpc) is 3.36. The third-order valence-corrected chi connectivity index (χ3v) is 5.22. The van der Waals surface area contributed by atoms with E-state index in [2.05, 4.69) is 31.0 Å². The van der Waals surface area contributed by atoms with Crippen molar-refractivity contribution in [1.82, 2.24) is 24.9 Å². The van der Waals surface area contributed by atoms with Gasteiger partial charge >= 0.3 is 0 Å². The lowest BCUT2D eigenvalue weighted by molar-refractivity contribution is -0.117. The van der Waals surface area contributed by atoms with E-state index in [0.717, 1.165) is 18.4 Å². The van der Waals surface area contributed by atoms with E-state index in [1.54, 1.807) is 22.9 Å². The van der Waals surface area contributed by atoms with Crippen molar-refractivity contribution in [3.8, 4) is 0 Å². The Morgan fingerprint density at radius 3 is 2.94 bits per heavy atom. The molecule has 1 aliphatic carbocycles. The van der Waals surface area contributed by atoms with Crippen molar-refractivity contribution in [1.29, 1.82) is 0 Å². The first-order valence-corrected chi connectivity index (χ1v) is 10.3. The zero-order valence-corrected chi connectivity index (χ0v) is 16.7. The van der Waals surface area contributed by atoms with E-state index >= 15 is 0 Å². The molecule has 3 aromatic rings. The molecule has 5 rings (SSSR count). The number of anilines is 2. The Hall–Kier alpha value is -3.53. The minimum Gasteiger partial charge on any atom is -0.373 e. The third kappa shape index (κ3) is 4.33. The Morgan fingerprint density at radius 2 is 2.19 bits per heavy atom. The molecule has 1 unspecified atom stereocenters. The maximum absolute atomic E-state index is 13.4. The number of rotatable bonds is 7. The van der Waals surface area contributed by atoms with Gasteiger partial charge in [0.05, 0.1) is 6.20 Å². The molecule has 0 radical (unpaired) electrons. The Morgan fingerprint density at radius 1 is 1.32 bits per heavy atom. The van der Waals surface area contributed by atoms with E-state index in [1.807, 2.05) is 6.07 Å². The van der Waals surface area contributed by atoms with Gasteiger partial charge in [-0.3, -0.25) is 4.79 Å². The minimum atomic E-state index is -0.873. The summed E-state index contributed by atoms with van der Waals surface area (Å²) in [5, 5.41) is 23.1. The van der Waals surface area contributed by atoms with Gasteiger partial charge in [0.15, 0.2) is 5.65 Å². The number of carbonyl (C=O) groups is 1. The molecule has 1 atom stereocenters. The summed E-state index contributed by atoms with van der Waals surface area (Å²) >= 11 is 0. The highest BCUT2D eigenvalue weighted by atomic mass is 19.1. The lowest BCUT2D eigenvalue weighted by Crippen LogP contribution is -2.24. The number of carbonyl (C=O) groups excluding carboxylic acids is 1. The Bertz CT molecular complexity index is 1170. The van der Waals surface area contributed by atoms with Gasteiger partial charge in [-0.1, -0.05) is 12.1 Å². The first kappa shape index (κ1) is 19.4. The highest BCUT2D eigenvalue weighted by Crippen LogP contribution is 2.25. The van der Waals surface area contributed by atoms with E-state index in [1.165, 1.54) is 12.1 Å². The van der Waals surface area contributed by atoms with Crippen molar-refractivity contribution >= 4 is 29.5 Å². The molecule has 2 fully saturated rings. The maximum atomic E-state index is 13.4. The quantitative estimate of drug-likeness (QED) is 0.428. The minimum absolute atomic E-state index is 0.229. The number of halogens is 1. The summed E-state index contributed by atoms with van der Waals surface area (Å²) in [5.74, 6) is 0.429. The topological polar surface area (TPSA) is 116 Å². The number of hydrogen-bond acceptors (Lipinski definition) is 7. The second kappa shape index (κ2) is 7.95. The molecule has 0 bridgehead atoms. The largest absolute Gasteiger partial charge is 0.373 e. The number of aliphatic hydroxyl groups excluding tert-OH is 1. The van der Waals surface area contributed by atoms with Crippen LogP contribution >= 0.6 is 0 Å². The van der Waals surface area contributed by atoms with Crippen LogP contribution in [0.5, 0.6) is 0 Å². The summed E-state index contributed by atoms with van der Waals surface area (Å²) in [6.45, 7) is 0.531. The summed E-state index contributed by atoms with van der Waals surface area (Å²) in [6.07, 6.45) is 5.43. The fraction of sp³-hybridized carbons (Fsp3) is 0.333. The number of aliphatic hydroxyl groups is 1. The second-order valence-electron chi connectivity index (χ2n) is 7.79. The first-order chi connectivity index (χ1) is 15.0. The molecule has 1 aromatic carbocycles. The summed E-state index contributed by atoms with van der Waals surface area (Å²) < 4.78 is 15.0. The fourth-order valence-corrected chi connectivity index (χ4v) is 3.50. The van der Waals surface area contributed by atoms with Crippen LogP contribution < -0.4 is 16.0 Å². The Kier molecular flexibility index (Phi) is 4.99. The number of fused-ring (bicyclic) bond motifs is 1.